The number of rotatable bonds is 6. The van der Waals surface area contributed by atoms with E-state index in [4.69, 9.17) is 9.47 Å². The number of sulfonamides is 1. The third-order valence-corrected chi connectivity index (χ3v) is 7.03. The van der Waals surface area contributed by atoms with E-state index in [2.05, 4.69) is 5.32 Å². The van der Waals surface area contributed by atoms with Crippen molar-refractivity contribution in [3.05, 3.63) is 53.6 Å². The highest BCUT2D eigenvalue weighted by molar-refractivity contribution is 7.89. The summed E-state index contributed by atoms with van der Waals surface area (Å²) < 4.78 is 37.9. The van der Waals surface area contributed by atoms with Gasteiger partial charge in [-0.25, -0.2) is 13.2 Å². The van der Waals surface area contributed by atoms with Gasteiger partial charge >= 0.3 is 6.09 Å². The Labute approximate surface area is 188 Å². The molecule has 172 valence electrons. The maximum atomic E-state index is 13.2. The molecule has 1 fully saturated rings. The van der Waals surface area contributed by atoms with E-state index >= 15 is 0 Å². The Kier molecular flexibility index (Phi) is 7.37. The minimum Gasteiger partial charge on any atom is -0.495 e. The number of aryl methyl sites for hydroxylation is 1. The molecule has 0 unspecified atom stereocenters. The first kappa shape index (κ1) is 23.6. The third-order valence-electron chi connectivity index (χ3n) is 5.14. The molecule has 9 nitrogen and oxygen atoms in total. The summed E-state index contributed by atoms with van der Waals surface area (Å²) in [5.74, 6) is -0.0301. The van der Waals surface area contributed by atoms with Crippen LogP contribution in [0.2, 0.25) is 0 Å². The molecular weight excluding hydrogens is 434 g/mol. The fourth-order valence-electron chi connectivity index (χ4n) is 3.32. The Morgan fingerprint density at radius 3 is 2.28 bits per heavy atom. The monoisotopic (exact) mass is 461 g/mol. The summed E-state index contributed by atoms with van der Waals surface area (Å²) in [6, 6.07) is 11.4. The minimum atomic E-state index is -3.83. The predicted octanol–water partition coefficient (Wildman–Crippen LogP) is 2.72. The summed E-state index contributed by atoms with van der Waals surface area (Å²) in [5, 5.41) is 2.73. The highest BCUT2D eigenvalue weighted by Gasteiger charge is 2.31. The molecule has 2 aromatic rings. The number of ether oxygens (including phenoxy) is 2. The maximum absolute atomic E-state index is 13.2. The van der Waals surface area contributed by atoms with E-state index in [9.17, 15) is 18.0 Å². The molecule has 1 aliphatic heterocycles. The van der Waals surface area contributed by atoms with Gasteiger partial charge in [-0.05, 0) is 44.2 Å². The molecule has 0 spiro atoms. The van der Waals surface area contributed by atoms with Gasteiger partial charge in [0.25, 0.3) is 5.91 Å². The van der Waals surface area contributed by atoms with Crippen LogP contribution >= 0.6 is 0 Å². The smallest absolute Gasteiger partial charge is 0.409 e. The van der Waals surface area contributed by atoms with Crippen molar-refractivity contribution in [3.8, 4) is 5.75 Å². The first-order valence-electron chi connectivity index (χ1n) is 10.2. The molecule has 1 N–H and O–H groups in total. The normalized spacial score (nSPS) is 14.7. The van der Waals surface area contributed by atoms with Gasteiger partial charge < -0.3 is 19.7 Å². The number of nitrogens with zero attached hydrogens (tertiary/aromatic N) is 2. The fourth-order valence-corrected chi connectivity index (χ4v) is 4.77. The van der Waals surface area contributed by atoms with Crippen molar-refractivity contribution in [1.29, 1.82) is 0 Å². The fraction of sp³-hybridized carbons (Fsp3) is 0.364. The zero-order valence-electron chi connectivity index (χ0n) is 18.3. The number of piperazine rings is 1. The molecule has 1 aliphatic rings. The molecule has 1 heterocycles. The Hall–Kier alpha value is -3.11. The largest absolute Gasteiger partial charge is 0.495 e. The first-order chi connectivity index (χ1) is 15.3. The molecule has 0 atom stereocenters. The van der Waals surface area contributed by atoms with E-state index in [0.29, 0.717) is 11.3 Å². The van der Waals surface area contributed by atoms with E-state index in [1.165, 1.54) is 34.5 Å². The summed E-state index contributed by atoms with van der Waals surface area (Å²) in [7, 11) is -2.39. The van der Waals surface area contributed by atoms with Gasteiger partial charge in [-0.1, -0.05) is 17.7 Å². The number of carbonyl (C=O) groups is 2. The second kappa shape index (κ2) is 10.0. The Morgan fingerprint density at radius 2 is 1.69 bits per heavy atom. The summed E-state index contributed by atoms with van der Waals surface area (Å²) >= 11 is 0. The van der Waals surface area contributed by atoms with Crippen molar-refractivity contribution in [2.45, 2.75) is 18.7 Å². The number of hydrogen-bond donors (Lipinski definition) is 1. The van der Waals surface area contributed by atoms with E-state index in [1.807, 2.05) is 19.1 Å². The van der Waals surface area contributed by atoms with E-state index in [0.717, 1.165) is 5.56 Å². The van der Waals surface area contributed by atoms with Gasteiger partial charge in [-0.15, -0.1) is 0 Å². The van der Waals surface area contributed by atoms with Crippen LogP contribution in [0.5, 0.6) is 5.75 Å². The second-order valence-corrected chi connectivity index (χ2v) is 9.21. The van der Waals surface area contributed by atoms with E-state index in [-0.39, 0.29) is 49.3 Å². The van der Waals surface area contributed by atoms with Gasteiger partial charge in [0.15, 0.2) is 0 Å². The lowest BCUT2D eigenvalue weighted by Crippen LogP contribution is -2.50. The van der Waals surface area contributed by atoms with Gasteiger partial charge in [0.05, 0.1) is 24.3 Å². The van der Waals surface area contributed by atoms with Crippen LogP contribution in [-0.2, 0) is 14.8 Å². The minimum absolute atomic E-state index is 0.0297. The highest BCUT2D eigenvalue weighted by Crippen LogP contribution is 2.30. The summed E-state index contributed by atoms with van der Waals surface area (Å²) in [6.07, 6.45) is -0.449. The molecule has 0 bridgehead atoms. The van der Waals surface area contributed by atoms with Gasteiger partial charge in [0, 0.05) is 31.7 Å². The van der Waals surface area contributed by atoms with Gasteiger partial charge in [-0.2, -0.15) is 4.31 Å². The predicted molar refractivity (Wildman–Crippen MR) is 119 cm³/mol. The van der Waals surface area contributed by atoms with Crippen molar-refractivity contribution in [2.75, 3.05) is 45.2 Å². The van der Waals surface area contributed by atoms with Gasteiger partial charge in [-0.3, -0.25) is 4.79 Å². The molecule has 1 saturated heterocycles. The molecule has 0 aliphatic carbocycles. The molecule has 0 saturated carbocycles. The Bertz CT molecular complexity index is 1080. The standard InChI is InChI=1S/C22H27N3O6S/c1-4-31-22(27)24-11-13-25(14-12-24)32(28,29)18-9-10-20(30-3)19(15-18)23-21(26)17-7-5-16(2)6-8-17/h5-10,15H,4,11-14H2,1-3H3,(H,23,26). The molecule has 2 aromatic carbocycles. The van der Waals surface area contributed by atoms with Crippen LogP contribution in [0.1, 0.15) is 22.8 Å². The first-order valence-corrected chi connectivity index (χ1v) is 11.7. The number of anilines is 1. The van der Waals surface area contributed by atoms with Crippen molar-refractivity contribution < 1.29 is 27.5 Å². The van der Waals surface area contributed by atoms with Crippen LogP contribution in [0, 0.1) is 6.92 Å². The van der Waals surface area contributed by atoms with Crippen molar-refractivity contribution in [3.63, 3.8) is 0 Å². The maximum Gasteiger partial charge on any atom is 0.409 e. The number of benzene rings is 2. The molecule has 32 heavy (non-hydrogen) atoms. The lowest BCUT2D eigenvalue weighted by Gasteiger charge is -2.33. The van der Waals surface area contributed by atoms with Gasteiger partial charge in [0.2, 0.25) is 10.0 Å². The lowest BCUT2D eigenvalue weighted by atomic mass is 10.1. The molecule has 3 rings (SSSR count). The van der Waals surface area contributed by atoms with Crippen LogP contribution in [0.3, 0.4) is 0 Å². The number of hydrogen-bond acceptors (Lipinski definition) is 6. The van der Waals surface area contributed by atoms with Crippen LogP contribution in [0.25, 0.3) is 0 Å². The Balaban J connectivity index is 1.78. The number of methoxy groups -OCH3 is 1. The van der Waals surface area contributed by atoms with Crippen LogP contribution < -0.4 is 10.1 Å². The molecule has 10 heteroatoms. The number of amides is 2. The average Bonchev–Trinajstić information content (AvgIpc) is 2.79. The van der Waals surface area contributed by atoms with Crippen molar-refractivity contribution >= 4 is 27.7 Å². The quantitative estimate of drug-likeness (QED) is 0.709. The van der Waals surface area contributed by atoms with Crippen LogP contribution in [-0.4, -0.2) is 69.5 Å². The number of carbonyl (C=O) groups excluding carboxylic acids is 2. The molecule has 0 radical (unpaired) electrons. The zero-order chi connectivity index (χ0) is 23.3. The molecular formula is C22H27N3O6S. The third kappa shape index (κ3) is 5.20. The van der Waals surface area contributed by atoms with Crippen LogP contribution in [0.15, 0.2) is 47.4 Å². The number of nitrogens with one attached hydrogen (secondary N) is 1. The van der Waals surface area contributed by atoms with E-state index in [1.54, 1.807) is 19.1 Å². The average molecular weight is 462 g/mol. The SMILES string of the molecule is CCOC(=O)N1CCN(S(=O)(=O)c2ccc(OC)c(NC(=O)c3ccc(C)cc3)c2)CC1. The van der Waals surface area contributed by atoms with Gasteiger partial charge in [0.1, 0.15) is 5.75 Å². The summed E-state index contributed by atoms with van der Waals surface area (Å²) in [5.41, 5.74) is 1.72. The molecule has 2 amide bonds. The highest BCUT2D eigenvalue weighted by atomic mass is 32.2. The van der Waals surface area contributed by atoms with Crippen molar-refractivity contribution in [1.82, 2.24) is 9.21 Å². The zero-order valence-corrected chi connectivity index (χ0v) is 19.1. The second-order valence-electron chi connectivity index (χ2n) is 7.27. The van der Waals surface area contributed by atoms with E-state index < -0.39 is 16.1 Å². The summed E-state index contributed by atoms with van der Waals surface area (Å²) in [4.78, 5) is 26.0. The Morgan fingerprint density at radius 1 is 1.03 bits per heavy atom. The van der Waals surface area contributed by atoms with Crippen LogP contribution in [0.4, 0.5) is 10.5 Å². The lowest BCUT2D eigenvalue weighted by molar-refractivity contribution is 0.0933. The summed E-state index contributed by atoms with van der Waals surface area (Å²) in [6.45, 7) is 4.69. The topological polar surface area (TPSA) is 105 Å². The van der Waals surface area contributed by atoms with Crippen molar-refractivity contribution in [2.24, 2.45) is 0 Å². The molecule has 0 aromatic heterocycles.